The number of hydrogen-bond donors (Lipinski definition) is 2. The normalized spacial score (nSPS) is 13.0. The topological polar surface area (TPSA) is 71.1 Å². The minimum absolute atomic E-state index is 0.270. The summed E-state index contributed by atoms with van der Waals surface area (Å²) in [5.41, 5.74) is 1.01. The lowest BCUT2D eigenvalue weighted by Gasteiger charge is -2.09. The van der Waals surface area contributed by atoms with Crippen molar-refractivity contribution in [1.82, 2.24) is 15.0 Å². The summed E-state index contributed by atoms with van der Waals surface area (Å²) >= 11 is 0. The molecule has 0 atom stereocenters. The summed E-state index contributed by atoms with van der Waals surface area (Å²) in [5.74, 6) is 0. The Morgan fingerprint density at radius 1 is 1.26 bits per heavy atom. The van der Waals surface area contributed by atoms with Crippen LogP contribution in [-0.2, 0) is 10.0 Å². The van der Waals surface area contributed by atoms with Gasteiger partial charge in [0.25, 0.3) is 0 Å². The average molecular weight is 384 g/mol. The molecule has 0 aliphatic rings. The lowest BCUT2D eigenvalue weighted by molar-refractivity contribution is 0.579. The zero-order valence-electron chi connectivity index (χ0n) is 15.4. The molecule has 1 aromatic carbocycles. The van der Waals surface area contributed by atoms with E-state index in [0.29, 0.717) is 25.0 Å². The Morgan fingerprint density at radius 2 is 2.11 bits per heavy atom. The van der Waals surface area contributed by atoms with Crippen molar-refractivity contribution in [3.8, 4) is 0 Å². The summed E-state index contributed by atoms with van der Waals surface area (Å²) in [4.78, 5) is 4.30. The highest BCUT2D eigenvalue weighted by atomic mass is 32.2. The van der Waals surface area contributed by atoms with Crippen LogP contribution in [0.4, 0.5) is 0 Å². The maximum atomic E-state index is 12.6. The van der Waals surface area contributed by atoms with Crippen molar-refractivity contribution in [2.75, 3.05) is 19.6 Å². The first kappa shape index (κ1) is 20.8. The van der Waals surface area contributed by atoms with E-state index in [4.69, 9.17) is 0 Å². The molecular weight excluding hydrogens is 358 g/mol. The van der Waals surface area contributed by atoms with Crippen molar-refractivity contribution < 1.29 is 8.42 Å². The van der Waals surface area contributed by atoms with Gasteiger partial charge >= 0.3 is 0 Å². The van der Waals surface area contributed by atoms with Crippen LogP contribution in [0.25, 0.3) is 10.8 Å². The Bertz CT molecular complexity index is 955. The highest BCUT2D eigenvalue weighted by Gasteiger charge is 2.16. The van der Waals surface area contributed by atoms with E-state index >= 15 is 0 Å². The molecule has 0 amide bonds. The molecule has 0 bridgehead atoms. The van der Waals surface area contributed by atoms with Crippen molar-refractivity contribution in [3.63, 3.8) is 0 Å². The molecule has 1 heterocycles. The lowest BCUT2D eigenvalue weighted by Crippen LogP contribution is -2.32. The smallest absolute Gasteiger partial charge is 0.241 e. The molecule has 6 heteroatoms. The number of nitrogens with one attached hydrogen (secondary N) is 2. The first-order chi connectivity index (χ1) is 13.1. The predicted molar refractivity (Wildman–Crippen MR) is 112 cm³/mol. The minimum Gasteiger partial charge on any atom is -0.312 e. The Morgan fingerprint density at radius 3 is 2.89 bits per heavy atom. The van der Waals surface area contributed by atoms with Crippen LogP contribution >= 0.6 is 0 Å². The van der Waals surface area contributed by atoms with Gasteiger partial charge < -0.3 is 5.32 Å². The number of allylic oxidation sites excluding steroid dienone is 6. The Kier molecular flexibility index (Phi) is 8.13. The summed E-state index contributed by atoms with van der Waals surface area (Å²) in [7, 11) is -3.57. The summed E-state index contributed by atoms with van der Waals surface area (Å²) in [6, 6.07) is 6.89. The average Bonchev–Trinajstić information content (AvgIpc) is 2.69. The lowest BCUT2D eigenvalue weighted by atomic mass is 10.2. The van der Waals surface area contributed by atoms with Gasteiger partial charge in [-0.1, -0.05) is 55.2 Å². The fourth-order valence-corrected chi connectivity index (χ4v) is 3.72. The van der Waals surface area contributed by atoms with Gasteiger partial charge in [-0.25, -0.2) is 13.1 Å². The molecule has 0 radical (unpaired) electrons. The number of aromatic nitrogens is 1. The number of fused-ring (bicyclic) bond motifs is 1. The third-order valence-electron chi connectivity index (χ3n) is 3.81. The van der Waals surface area contributed by atoms with E-state index in [2.05, 4.69) is 21.6 Å². The van der Waals surface area contributed by atoms with Gasteiger partial charge in [-0.05, 0) is 24.6 Å². The number of rotatable bonds is 10. The molecule has 1 aromatic heterocycles. The summed E-state index contributed by atoms with van der Waals surface area (Å²) < 4.78 is 27.8. The van der Waals surface area contributed by atoms with Crippen LogP contribution < -0.4 is 10.0 Å². The monoisotopic (exact) mass is 383 g/mol. The maximum absolute atomic E-state index is 12.6. The van der Waals surface area contributed by atoms with E-state index < -0.39 is 10.0 Å². The minimum atomic E-state index is -3.57. The molecule has 0 aliphatic heterocycles. The summed E-state index contributed by atoms with van der Waals surface area (Å²) in [5, 5.41) is 4.64. The number of nitrogens with zero attached hydrogens (tertiary/aromatic N) is 1. The fraction of sp³-hybridized carbons (Fsp3) is 0.190. The molecule has 0 aliphatic carbocycles. The van der Waals surface area contributed by atoms with Crippen molar-refractivity contribution in [1.29, 1.82) is 0 Å². The van der Waals surface area contributed by atoms with Gasteiger partial charge in [0.15, 0.2) is 0 Å². The highest BCUT2D eigenvalue weighted by Crippen LogP contribution is 2.21. The van der Waals surface area contributed by atoms with Crippen molar-refractivity contribution in [2.45, 2.75) is 11.8 Å². The van der Waals surface area contributed by atoms with E-state index in [-0.39, 0.29) is 4.90 Å². The van der Waals surface area contributed by atoms with Crippen LogP contribution in [-0.4, -0.2) is 33.0 Å². The van der Waals surface area contributed by atoms with E-state index in [9.17, 15) is 8.42 Å². The third-order valence-corrected chi connectivity index (χ3v) is 5.33. The van der Waals surface area contributed by atoms with Crippen LogP contribution in [0.2, 0.25) is 0 Å². The molecule has 142 valence electrons. The first-order valence-corrected chi connectivity index (χ1v) is 10.2. The van der Waals surface area contributed by atoms with Crippen molar-refractivity contribution in [3.05, 3.63) is 85.3 Å². The zero-order valence-corrected chi connectivity index (χ0v) is 16.2. The number of pyridine rings is 1. The van der Waals surface area contributed by atoms with E-state index in [1.807, 2.05) is 43.4 Å². The van der Waals surface area contributed by atoms with Gasteiger partial charge in [0.1, 0.15) is 0 Å². The summed E-state index contributed by atoms with van der Waals surface area (Å²) in [6.07, 6.45) is 14.8. The second kappa shape index (κ2) is 10.6. The molecule has 2 N–H and O–H groups in total. The molecular formula is C21H25N3O2S. The highest BCUT2D eigenvalue weighted by molar-refractivity contribution is 7.89. The van der Waals surface area contributed by atoms with E-state index in [1.165, 1.54) is 0 Å². The third kappa shape index (κ3) is 6.29. The second-order valence-corrected chi connectivity index (χ2v) is 7.49. The largest absolute Gasteiger partial charge is 0.312 e. The fourth-order valence-electron chi connectivity index (χ4n) is 2.46. The Balaban J connectivity index is 1.85. The SMILES string of the molecule is C=CC(/C=C\CNCCNS(=O)(=O)c1cccc2cnccc12)=C\C=C/C. The molecule has 27 heavy (non-hydrogen) atoms. The van der Waals surface area contributed by atoms with Crippen LogP contribution in [0.1, 0.15) is 6.92 Å². The number of sulfonamides is 1. The molecule has 0 spiro atoms. The van der Waals surface area contributed by atoms with Crippen LogP contribution in [0.15, 0.2) is 90.2 Å². The second-order valence-electron chi connectivity index (χ2n) is 5.75. The van der Waals surface area contributed by atoms with E-state index in [0.717, 1.165) is 11.0 Å². The van der Waals surface area contributed by atoms with Crippen molar-refractivity contribution in [2.24, 2.45) is 0 Å². The Hall–Kier alpha value is -2.54. The standard InChI is InChI=1S/C21H25N3O2S/c1-3-5-8-18(4-2)9-7-13-22-15-16-24-27(25,26)21-11-6-10-19-17-23-14-12-20(19)21/h3-12,14,17,22,24H,2,13,15-16H2,1H3/b5-3-,9-7-,18-8+. The molecule has 5 nitrogen and oxygen atoms in total. The van der Waals surface area contributed by atoms with Gasteiger partial charge in [-0.15, -0.1) is 0 Å². The van der Waals surface area contributed by atoms with Crippen LogP contribution in [0.3, 0.4) is 0 Å². The number of benzene rings is 1. The number of hydrogen-bond acceptors (Lipinski definition) is 4. The molecule has 0 saturated heterocycles. The van der Waals surface area contributed by atoms with Crippen molar-refractivity contribution >= 4 is 20.8 Å². The Labute approximate surface area is 161 Å². The van der Waals surface area contributed by atoms with Gasteiger partial charge in [-0.3, -0.25) is 4.98 Å². The zero-order chi connectivity index (χ0) is 19.5. The quantitative estimate of drug-likeness (QED) is 0.488. The summed E-state index contributed by atoms with van der Waals surface area (Å²) in [6.45, 7) is 7.20. The molecule has 2 rings (SSSR count). The predicted octanol–water partition coefficient (Wildman–Crippen LogP) is 3.35. The first-order valence-electron chi connectivity index (χ1n) is 8.73. The molecule has 0 unspecified atom stereocenters. The molecule has 2 aromatic rings. The van der Waals surface area contributed by atoms with E-state index in [1.54, 1.807) is 36.7 Å². The maximum Gasteiger partial charge on any atom is 0.241 e. The molecule has 0 saturated carbocycles. The van der Waals surface area contributed by atoms with Gasteiger partial charge in [-0.2, -0.15) is 0 Å². The van der Waals surface area contributed by atoms with Gasteiger partial charge in [0.05, 0.1) is 4.90 Å². The van der Waals surface area contributed by atoms with Crippen LogP contribution in [0, 0.1) is 0 Å². The molecule has 0 fully saturated rings. The van der Waals surface area contributed by atoms with Gasteiger partial charge in [0, 0.05) is 42.8 Å². The van der Waals surface area contributed by atoms with Crippen LogP contribution in [0.5, 0.6) is 0 Å². The van der Waals surface area contributed by atoms with Gasteiger partial charge in [0.2, 0.25) is 10.0 Å².